The van der Waals surface area contributed by atoms with E-state index in [4.69, 9.17) is 4.74 Å². The van der Waals surface area contributed by atoms with Crippen LogP contribution in [0.2, 0.25) is 0 Å². The molecular formula is C24H29N5O5S. The van der Waals surface area contributed by atoms with E-state index >= 15 is 0 Å². The van der Waals surface area contributed by atoms with Crippen LogP contribution in [0.5, 0.6) is 5.75 Å². The molecule has 2 N–H and O–H groups in total. The standard InChI is InChI=1S/C24H29N5O5S/c1-28-23(30)13-11-20(26-28)24(31)25-18-8-12-21(29-14-4-3-5-15-29)22(16-18)35(32,33)27-17-6-9-19(34-2)10-7-17/h6-10,12,16,27H,3-5,11,13-15H2,1-2H3,(H,25,31). The van der Waals surface area contributed by atoms with Crippen molar-refractivity contribution in [2.75, 3.05) is 42.2 Å². The molecule has 0 unspecified atom stereocenters. The fraction of sp³-hybridized carbons (Fsp3) is 0.375. The molecule has 2 aromatic carbocycles. The summed E-state index contributed by atoms with van der Waals surface area (Å²) in [6.45, 7) is 1.52. The molecule has 2 heterocycles. The summed E-state index contributed by atoms with van der Waals surface area (Å²) in [7, 11) is -0.941. The summed E-state index contributed by atoms with van der Waals surface area (Å²) in [4.78, 5) is 26.5. The van der Waals surface area contributed by atoms with Gasteiger partial charge < -0.3 is 15.0 Å². The first kappa shape index (κ1) is 24.5. The van der Waals surface area contributed by atoms with Crippen LogP contribution in [0.3, 0.4) is 0 Å². The van der Waals surface area contributed by atoms with Gasteiger partial charge in [-0.3, -0.25) is 14.3 Å². The van der Waals surface area contributed by atoms with Crippen molar-refractivity contribution in [2.45, 2.75) is 37.0 Å². The number of rotatable bonds is 7. The van der Waals surface area contributed by atoms with E-state index in [0.717, 1.165) is 37.4 Å². The van der Waals surface area contributed by atoms with Crippen LogP contribution >= 0.6 is 0 Å². The first-order valence-electron chi connectivity index (χ1n) is 11.5. The third kappa shape index (κ3) is 5.73. The van der Waals surface area contributed by atoms with Gasteiger partial charge in [-0.25, -0.2) is 13.4 Å². The van der Waals surface area contributed by atoms with E-state index in [1.165, 1.54) is 13.1 Å². The Hall–Kier alpha value is -3.60. The number of ether oxygens (including phenoxy) is 1. The molecular weight excluding hydrogens is 470 g/mol. The van der Waals surface area contributed by atoms with Gasteiger partial charge in [0.25, 0.3) is 15.9 Å². The molecule has 186 valence electrons. The molecule has 0 radical (unpaired) electrons. The summed E-state index contributed by atoms with van der Waals surface area (Å²) in [6, 6.07) is 11.5. The van der Waals surface area contributed by atoms with Gasteiger partial charge >= 0.3 is 0 Å². The Labute approximate surface area is 205 Å². The summed E-state index contributed by atoms with van der Waals surface area (Å²) in [5.41, 5.74) is 1.53. The first-order valence-corrected chi connectivity index (χ1v) is 13.0. The van der Waals surface area contributed by atoms with E-state index in [1.807, 2.05) is 0 Å². The van der Waals surface area contributed by atoms with Crippen molar-refractivity contribution in [2.24, 2.45) is 5.10 Å². The number of amides is 2. The number of anilines is 3. The molecule has 11 heteroatoms. The minimum Gasteiger partial charge on any atom is -0.497 e. The molecule has 2 aromatic rings. The normalized spacial score (nSPS) is 16.5. The smallest absolute Gasteiger partial charge is 0.271 e. The zero-order chi connectivity index (χ0) is 25.0. The van der Waals surface area contributed by atoms with Crippen LogP contribution in [-0.2, 0) is 19.6 Å². The number of nitrogens with one attached hydrogen (secondary N) is 2. The van der Waals surface area contributed by atoms with Gasteiger partial charge in [-0.1, -0.05) is 0 Å². The molecule has 35 heavy (non-hydrogen) atoms. The molecule has 2 amide bonds. The van der Waals surface area contributed by atoms with Gasteiger partial charge in [0.1, 0.15) is 16.4 Å². The molecule has 0 aromatic heterocycles. The number of sulfonamides is 1. The highest BCUT2D eigenvalue weighted by atomic mass is 32.2. The van der Waals surface area contributed by atoms with Gasteiger partial charge in [0, 0.05) is 44.4 Å². The zero-order valence-electron chi connectivity index (χ0n) is 19.8. The van der Waals surface area contributed by atoms with Crippen molar-refractivity contribution >= 4 is 44.6 Å². The van der Waals surface area contributed by atoms with E-state index < -0.39 is 15.9 Å². The Morgan fingerprint density at radius 2 is 1.69 bits per heavy atom. The summed E-state index contributed by atoms with van der Waals surface area (Å²) >= 11 is 0. The molecule has 1 saturated heterocycles. The summed E-state index contributed by atoms with van der Waals surface area (Å²) in [6.07, 6.45) is 3.49. The molecule has 0 atom stereocenters. The Bertz CT molecular complexity index is 1240. The average Bonchev–Trinajstić information content (AvgIpc) is 2.86. The SMILES string of the molecule is COc1ccc(NS(=O)(=O)c2cc(NC(=O)C3=NN(C)C(=O)CC3)ccc2N2CCCCC2)cc1. The van der Waals surface area contributed by atoms with E-state index in [2.05, 4.69) is 20.0 Å². The Morgan fingerprint density at radius 1 is 1.00 bits per heavy atom. The van der Waals surface area contributed by atoms with Crippen LogP contribution < -0.4 is 19.7 Å². The molecule has 2 aliphatic rings. The predicted molar refractivity (Wildman–Crippen MR) is 134 cm³/mol. The number of methoxy groups -OCH3 is 1. The maximum absolute atomic E-state index is 13.5. The molecule has 0 spiro atoms. The molecule has 1 fully saturated rings. The quantitative estimate of drug-likeness (QED) is 0.604. The lowest BCUT2D eigenvalue weighted by Crippen LogP contribution is -2.34. The molecule has 4 rings (SSSR count). The van der Waals surface area contributed by atoms with Crippen LogP contribution in [0.4, 0.5) is 17.1 Å². The molecule has 0 saturated carbocycles. The zero-order valence-corrected chi connectivity index (χ0v) is 20.6. The van der Waals surface area contributed by atoms with Crippen LogP contribution in [0, 0.1) is 0 Å². The fourth-order valence-electron chi connectivity index (χ4n) is 4.11. The largest absolute Gasteiger partial charge is 0.497 e. The van der Waals surface area contributed by atoms with Crippen LogP contribution in [-0.4, -0.2) is 58.2 Å². The molecule has 10 nitrogen and oxygen atoms in total. The molecule has 2 aliphatic heterocycles. The number of piperidine rings is 1. The number of hydrazone groups is 1. The highest BCUT2D eigenvalue weighted by Crippen LogP contribution is 2.32. The third-order valence-electron chi connectivity index (χ3n) is 6.02. The maximum atomic E-state index is 13.5. The van der Waals surface area contributed by atoms with Crippen molar-refractivity contribution in [3.8, 4) is 5.75 Å². The number of benzene rings is 2. The van der Waals surface area contributed by atoms with Crippen molar-refractivity contribution in [1.82, 2.24) is 5.01 Å². The maximum Gasteiger partial charge on any atom is 0.271 e. The van der Waals surface area contributed by atoms with Gasteiger partial charge in [-0.05, 0) is 61.7 Å². The van der Waals surface area contributed by atoms with Gasteiger partial charge in [0.15, 0.2) is 0 Å². The van der Waals surface area contributed by atoms with Crippen molar-refractivity contribution in [3.05, 3.63) is 42.5 Å². The number of carbonyl (C=O) groups is 2. The Kier molecular flexibility index (Phi) is 7.25. The molecule has 0 bridgehead atoms. The number of hydrogen-bond donors (Lipinski definition) is 2. The lowest BCUT2D eigenvalue weighted by atomic mass is 10.1. The minimum absolute atomic E-state index is 0.0749. The lowest BCUT2D eigenvalue weighted by molar-refractivity contribution is -0.130. The number of carbonyl (C=O) groups excluding carboxylic acids is 2. The van der Waals surface area contributed by atoms with Crippen molar-refractivity contribution in [1.29, 1.82) is 0 Å². The van der Waals surface area contributed by atoms with E-state index in [9.17, 15) is 18.0 Å². The summed E-state index contributed by atoms with van der Waals surface area (Å²) in [5, 5.41) is 7.91. The Morgan fingerprint density at radius 3 is 2.34 bits per heavy atom. The van der Waals surface area contributed by atoms with Crippen LogP contribution in [0.1, 0.15) is 32.1 Å². The summed E-state index contributed by atoms with van der Waals surface area (Å²) < 4.78 is 34.7. The topological polar surface area (TPSA) is 120 Å². The second kappa shape index (κ2) is 10.3. The van der Waals surface area contributed by atoms with Gasteiger partial charge in [0.2, 0.25) is 5.91 Å². The predicted octanol–water partition coefficient (Wildman–Crippen LogP) is 3.03. The van der Waals surface area contributed by atoms with Crippen molar-refractivity contribution in [3.63, 3.8) is 0 Å². The van der Waals surface area contributed by atoms with Crippen LogP contribution in [0.25, 0.3) is 0 Å². The monoisotopic (exact) mass is 499 g/mol. The first-order chi connectivity index (χ1) is 16.8. The van der Waals surface area contributed by atoms with Gasteiger partial charge in [0.05, 0.1) is 12.8 Å². The lowest BCUT2D eigenvalue weighted by Gasteiger charge is -2.30. The number of nitrogens with zero attached hydrogens (tertiary/aromatic N) is 3. The van der Waals surface area contributed by atoms with E-state index in [0.29, 0.717) is 22.8 Å². The van der Waals surface area contributed by atoms with Crippen LogP contribution in [0.15, 0.2) is 52.5 Å². The summed E-state index contributed by atoms with van der Waals surface area (Å²) in [5.74, 6) is -0.0170. The third-order valence-corrected chi connectivity index (χ3v) is 7.43. The molecule has 0 aliphatic carbocycles. The average molecular weight is 500 g/mol. The Balaban J connectivity index is 1.64. The van der Waals surface area contributed by atoms with E-state index in [-0.39, 0.29) is 29.4 Å². The van der Waals surface area contributed by atoms with Gasteiger partial charge in [-0.2, -0.15) is 5.10 Å². The van der Waals surface area contributed by atoms with Gasteiger partial charge in [-0.15, -0.1) is 0 Å². The fourth-order valence-corrected chi connectivity index (χ4v) is 5.42. The second-order valence-corrected chi connectivity index (χ2v) is 10.1. The highest BCUT2D eigenvalue weighted by Gasteiger charge is 2.26. The minimum atomic E-state index is -3.98. The van der Waals surface area contributed by atoms with E-state index in [1.54, 1.807) is 43.5 Å². The van der Waals surface area contributed by atoms with Crippen molar-refractivity contribution < 1.29 is 22.7 Å². The second-order valence-electron chi connectivity index (χ2n) is 8.48. The number of hydrogen-bond acceptors (Lipinski definition) is 7. The highest BCUT2D eigenvalue weighted by molar-refractivity contribution is 7.92.